The van der Waals surface area contributed by atoms with Crippen molar-refractivity contribution in [3.8, 4) is 6.07 Å². The number of carboxylic acids is 1. The van der Waals surface area contributed by atoms with E-state index in [1.165, 1.54) is 6.08 Å². The smallest absolute Gasteiger partial charge is 0.407 e. The van der Waals surface area contributed by atoms with Crippen molar-refractivity contribution in [1.82, 2.24) is 5.32 Å². The van der Waals surface area contributed by atoms with Crippen LogP contribution in [0.25, 0.3) is 6.08 Å². The first-order chi connectivity index (χ1) is 10.2. The molecule has 0 saturated carbocycles. The second-order valence-corrected chi connectivity index (χ2v) is 5.57. The van der Waals surface area contributed by atoms with Gasteiger partial charge in [0.1, 0.15) is 5.60 Å². The summed E-state index contributed by atoms with van der Waals surface area (Å²) in [5.41, 5.74) is 0.333. The van der Waals surface area contributed by atoms with Crippen LogP contribution >= 0.6 is 0 Å². The number of amides is 1. The maximum absolute atomic E-state index is 11.5. The number of nitrogens with one attached hydrogen (secondary N) is 1. The molecule has 6 nitrogen and oxygen atoms in total. The highest BCUT2D eigenvalue weighted by Crippen LogP contribution is 2.10. The third kappa shape index (κ3) is 6.09. The van der Waals surface area contributed by atoms with Crippen LogP contribution in [-0.2, 0) is 9.53 Å². The molecule has 1 aromatic rings. The third-order valence-corrected chi connectivity index (χ3v) is 2.45. The maximum Gasteiger partial charge on any atom is 0.407 e. The lowest BCUT2D eigenvalue weighted by Gasteiger charge is -2.19. The first kappa shape index (κ1) is 17.2. The molecule has 0 atom stereocenters. The van der Waals surface area contributed by atoms with Crippen LogP contribution in [0.2, 0.25) is 0 Å². The normalized spacial score (nSPS) is 11.5. The molecule has 0 aliphatic rings. The Morgan fingerprint density at radius 2 is 2.09 bits per heavy atom. The van der Waals surface area contributed by atoms with Crippen molar-refractivity contribution in [1.29, 1.82) is 5.26 Å². The number of carbonyl (C=O) groups is 2. The summed E-state index contributed by atoms with van der Waals surface area (Å²) in [6.07, 6.45) is 0.714. The zero-order chi connectivity index (χ0) is 16.8. The Bertz CT molecular complexity index is 636. The lowest BCUT2D eigenvalue weighted by Crippen LogP contribution is -2.34. The second kappa shape index (κ2) is 7.27. The molecule has 0 aliphatic carbocycles. The van der Waals surface area contributed by atoms with E-state index >= 15 is 0 Å². The number of rotatable bonds is 4. The molecule has 6 heteroatoms. The molecule has 0 fully saturated rings. The molecule has 2 N–H and O–H groups in total. The van der Waals surface area contributed by atoms with Gasteiger partial charge in [0.25, 0.3) is 0 Å². The van der Waals surface area contributed by atoms with E-state index in [1.54, 1.807) is 45.0 Å². The van der Waals surface area contributed by atoms with Gasteiger partial charge < -0.3 is 15.2 Å². The van der Waals surface area contributed by atoms with Crippen LogP contribution in [0.1, 0.15) is 31.9 Å². The Morgan fingerprint density at radius 3 is 2.64 bits per heavy atom. The van der Waals surface area contributed by atoms with Crippen LogP contribution in [0.5, 0.6) is 0 Å². The average molecular weight is 302 g/mol. The monoisotopic (exact) mass is 302 g/mol. The van der Waals surface area contributed by atoms with E-state index in [-0.39, 0.29) is 12.1 Å². The second-order valence-electron chi connectivity index (χ2n) is 5.57. The number of nitrogens with zero attached hydrogens (tertiary/aromatic N) is 1. The molecular formula is C16H18N2O4. The first-order valence-electron chi connectivity index (χ1n) is 6.62. The number of alkyl carbamates (subject to hydrolysis) is 1. The summed E-state index contributed by atoms with van der Waals surface area (Å²) in [4.78, 5) is 22.8. The lowest BCUT2D eigenvalue weighted by molar-refractivity contribution is -0.132. The van der Waals surface area contributed by atoms with Crippen LogP contribution in [-0.4, -0.2) is 29.3 Å². The fraction of sp³-hybridized carbons (Fsp3) is 0.312. The van der Waals surface area contributed by atoms with Gasteiger partial charge in [-0.3, -0.25) is 0 Å². The van der Waals surface area contributed by atoms with Crippen LogP contribution in [0.3, 0.4) is 0 Å². The highest BCUT2D eigenvalue weighted by molar-refractivity contribution is 5.93. The van der Waals surface area contributed by atoms with Gasteiger partial charge in [-0.15, -0.1) is 0 Å². The molecule has 116 valence electrons. The lowest BCUT2D eigenvalue weighted by atomic mass is 10.1. The predicted molar refractivity (Wildman–Crippen MR) is 81.0 cm³/mol. The van der Waals surface area contributed by atoms with E-state index in [9.17, 15) is 14.7 Å². The topological polar surface area (TPSA) is 99.4 Å². The van der Waals surface area contributed by atoms with Crippen molar-refractivity contribution >= 4 is 18.1 Å². The third-order valence-electron chi connectivity index (χ3n) is 2.45. The zero-order valence-electron chi connectivity index (χ0n) is 12.7. The summed E-state index contributed by atoms with van der Waals surface area (Å²) in [5.74, 6) is -1.15. The summed E-state index contributed by atoms with van der Waals surface area (Å²) in [7, 11) is 0. The number of carbonyl (C=O) groups excluding carboxylic acids is 1. The first-order valence-corrected chi connectivity index (χ1v) is 6.62. The quantitative estimate of drug-likeness (QED) is 0.833. The van der Waals surface area contributed by atoms with E-state index < -0.39 is 17.7 Å². The van der Waals surface area contributed by atoms with Gasteiger partial charge in [0.15, 0.2) is 0 Å². The number of hydrogen-bond acceptors (Lipinski definition) is 4. The largest absolute Gasteiger partial charge is 0.478 e. The molecule has 0 aromatic heterocycles. The molecule has 1 aromatic carbocycles. The number of ether oxygens (including phenoxy) is 1. The molecule has 0 bridgehead atoms. The number of aliphatic carboxylic acids is 1. The molecule has 1 rings (SSSR count). The van der Waals surface area contributed by atoms with Crippen molar-refractivity contribution in [2.24, 2.45) is 0 Å². The molecule has 0 unspecified atom stereocenters. The van der Waals surface area contributed by atoms with Crippen molar-refractivity contribution in [2.45, 2.75) is 26.4 Å². The SMILES string of the molecule is CC(C)(C)OC(=O)NCC(=Cc1cccc(C#N)c1)C(=O)O. The van der Waals surface area contributed by atoms with Crippen LogP contribution in [0.15, 0.2) is 29.8 Å². The molecule has 0 radical (unpaired) electrons. The Balaban J connectivity index is 2.82. The molecular weight excluding hydrogens is 284 g/mol. The van der Waals surface area contributed by atoms with Gasteiger partial charge in [0.05, 0.1) is 23.8 Å². The predicted octanol–water partition coefficient (Wildman–Crippen LogP) is 2.55. The van der Waals surface area contributed by atoms with Gasteiger partial charge in [-0.05, 0) is 44.5 Å². The van der Waals surface area contributed by atoms with E-state index in [1.807, 2.05) is 6.07 Å². The molecule has 0 heterocycles. The summed E-state index contributed by atoms with van der Waals surface area (Å²) < 4.78 is 5.04. The van der Waals surface area contributed by atoms with Gasteiger partial charge in [-0.1, -0.05) is 12.1 Å². The zero-order valence-corrected chi connectivity index (χ0v) is 12.7. The number of benzene rings is 1. The summed E-state index contributed by atoms with van der Waals surface area (Å²) in [6.45, 7) is 4.97. The Labute approximate surface area is 129 Å². The number of carboxylic acid groups (broad SMARTS) is 1. The summed E-state index contributed by atoms with van der Waals surface area (Å²) in [6, 6.07) is 8.50. The van der Waals surface area contributed by atoms with Crippen LogP contribution in [0.4, 0.5) is 4.79 Å². The van der Waals surface area contributed by atoms with Gasteiger partial charge >= 0.3 is 12.1 Å². The molecule has 0 aliphatic heterocycles. The minimum atomic E-state index is -1.15. The Kier molecular flexibility index (Phi) is 5.70. The average Bonchev–Trinajstić information content (AvgIpc) is 2.41. The standard InChI is InChI=1S/C16H18N2O4/c1-16(2,3)22-15(21)18-10-13(14(19)20)8-11-5-4-6-12(7-11)9-17/h4-8H,10H2,1-3H3,(H,18,21)(H,19,20). The van der Waals surface area contributed by atoms with Crippen molar-refractivity contribution in [2.75, 3.05) is 6.54 Å². The minimum absolute atomic E-state index is 0.0130. The maximum atomic E-state index is 11.5. The Hall–Kier alpha value is -2.81. The van der Waals surface area contributed by atoms with Crippen LogP contribution in [0, 0.1) is 11.3 Å². The van der Waals surface area contributed by atoms with Crippen LogP contribution < -0.4 is 5.32 Å². The molecule has 0 spiro atoms. The summed E-state index contributed by atoms with van der Waals surface area (Å²) >= 11 is 0. The highest BCUT2D eigenvalue weighted by Gasteiger charge is 2.17. The van der Waals surface area contributed by atoms with E-state index in [0.717, 1.165) is 0 Å². The van der Waals surface area contributed by atoms with Crippen molar-refractivity contribution in [3.05, 3.63) is 41.0 Å². The number of nitriles is 1. The number of hydrogen-bond donors (Lipinski definition) is 2. The van der Waals surface area contributed by atoms with E-state index in [4.69, 9.17) is 10.00 Å². The van der Waals surface area contributed by atoms with E-state index in [0.29, 0.717) is 11.1 Å². The fourth-order valence-corrected chi connectivity index (χ4v) is 1.57. The Morgan fingerprint density at radius 1 is 1.41 bits per heavy atom. The van der Waals surface area contributed by atoms with Gasteiger partial charge in [0.2, 0.25) is 0 Å². The van der Waals surface area contributed by atoms with E-state index in [2.05, 4.69) is 5.32 Å². The highest BCUT2D eigenvalue weighted by atomic mass is 16.6. The molecule has 0 saturated heterocycles. The van der Waals surface area contributed by atoms with Gasteiger partial charge in [-0.25, -0.2) is 9.59 Å². The summed E-state index contributed by atoms with van der Waals surface area (Å²) in [5, 5.41) is 20.4. The van der Waals surface area contributed by atoms with Gasteiger partial charge in [-0.2, -0.15) is 5.26 Å². The van der Waals surface area contributed by atoms with Crippen molar-refractivity contribution < 1.29 is 19.4 Å². The fourth-order valence-electron chi connectivity index (χ4n) is 1.57. The minimum Gasteiger partial charge on any atom is -0.478 e. The molecule has 1 amide bonds. The van der Waals surface area contributed by atoms with Gasteiger partial charge in [0, 0.05) is 0 Å². The van der Waals surface area contributed by atoms with Crippen molar-refractivity contribution in [3.63, 3.8) is 0 Å². The molecule has 22 heavy (non-hydrogen) atoms.